The van der Waals surface area contributed by atoms with E-state index >= 15 is 0 Å². The SMILES string of the molecule is CC(N)C1CCCCN1C(=O)c1ccc(COc2ccc(F)cc2)o1. The number of hydrogen-bond donors (Lipinski definition) is 1. The van der Waals surface area contributed by atoms with Crippen LogP contribution in [0.5, 0.6) is 5.75 Å². The molecule has 1 aromatic carbocycles. The van der Waals surface area contributed by atoms with Gasteiger partial charge in [0.1, 0.15) is 23.9 Å². The van der Waals surface area contributed by atoms with Crippen LogP contribution in [0.4, 0.5) is 4.39 Å². The topological polar surface area (TPSA) is 68.7 Å². The molecule has 2 N–H and O–H groups in total. The molecule has 2 unspecified atom stereocenters. The number of nitrogens with zero attached hydrogens (tertiary/aromatic N) is 1. The summed E-state index contributed by atoms with van der Waals surface area (Å²) in [7, 11) is 0. The number of rotatable bonds is 5. The van der Waals surface area contributed by atoms with E-state index in [4.69, 9.17) is 14.9 Å². The number of likely N-dealkylation sites (tertiary alicyclic amines) is 1. The third kappa shape index (κ3) is 4.20. The highest BCUT2D eigenvalue weighted by Crippen LogP contribution is 2.23. The molecule has 134 valence electrons. The van der Waals surface area contributed by atoms with E-state index in [1.165, 1.54) is 12.1 Å². The third-order valence-corrected chi connectivity index (χ3v) is 4.48. The number of benzene rings is 1. The lowest BCUT2D eigenvalue weighted by Gasteiger charge is -2.37. The van der Waals surface area contributed by atoms with E-state index in [1.54, 1.807) is 24.3 Å². The van der Waals surface area contributed by atoms with Crippen molar-refractivity contribution in [1.29, 1.82) is 0 Å². The summed E-state index contributed by atoms with van der Waals surface area (Å²) in [5, 5.41) is 0. The fraction of sp³-hybridized carbons (Fsp3) is 0.421. The first-order chi connectivity index (χ1) is 12.0. The molecular formula is C19H23FN2O3. The predicted molar refractivity (Wildman–Crippen MR) is 91.8 cm³/mol. The minimum absolute atomic E-state index is 0.0465. The van der Waals surface area contributed by atoms with E-state index in [2.05, 4.69) is 0 Å². The molecule has 1 aliphatic heterocycles. The summed E-state index contributed by atoms with van der Waals surface area (Å²) in [6.07, 6.45) is 2.99. The second-order valence-electron chi connectivity index (χ2n) is 6.43. The molecule has 1 saturated heterocycles. The summed E-state index contributed by atoms with van der Waals surface area (Å²) in [4.78, 5) is 14.6. The molecule has 0 saturated carbocycles. The molecule has 25 heavy (non-hydrogen) atoms. The van der Waals surface area contributed by atoms with Crippen molar-refractivity contribution in [3.8, 4) is 5.75 Å². The average molecular weight is 346 g/mol. The third-order valence-electron chi connectivity index (χ3n) is 4.48. The first-order valence-corrected chi connectivity index (χ1v) is 8.58. The highest BCUT2D eigenvalue weighted by atomic mass is 19.1. The van der Waals surface area contributed by atoms with Gasteiger partial charge >= 0.3 is 0 Å². The van der Waals surface area contributed by atoms with Gasteiger partial charge in [-0.05, 0) is 62.6 Å². The van der Waals surface area contributed by atoms with Gasteiger partial charge in [0.05, 0.1) is 0 Å². The van der Waals surface area contributed by atoms with Crippen LogP contribution in [0.1, 0.15) is 42.5 Å². The standard InChI is InChI=1S/C19H23FN2O3/c1-13(21)17-4-2-3-11-22(17)19(23)18-10-9-16(25-18)12-24-15-7-5-14(20)6-8-15/h5-10,13,17H,2-4,11-12,21H2,1H3. The molecule has 0 radical (unpaired) electrons. The van der Waals surface area contributed by atoms with E-state index in [9.17, 15) is 9.18 Å². The van der Waals surface area contributed by atoms with Crippen LogP contribution in [0.15, 0.2) is 40.8 Å². The number of amides is 1. The molecule has 1 aliphatic rings. The smallest absolute Gasteiger partial charge is 0.289 e. The Labute approximate surface area is 146 Å². The summed E-state index contributed by atoms with van der Waals surface area (Å²) >= 11 is 0. The first-order valence-electron chi connectivity index (χ1n) is 8.58. The van der Waals surface area contributed by atoms with Gasteiger partial charge in [-0.3, -0.25) is 4.79 Å². The van der Waals surface area contributed by atoms with Crippen molar-refractivity contribution in [2.45, 2.75) is 44.9 Å². The maximum atomic E-state index is 12.9. The minimum Gasteiger partial charge on any atom is -0.486 e. The van der Waals surface area contributed by atoms with Crippen LogP contribution in [0.25, 0.3) is 0 Å². The zero-order valence-corrected chi connectivity index (χ0v) is 14.3. The number of nitrogens with two attached hydrogens (primary N) is 1. The van der Waals surface area contributed by atoms with Crippen LogP contribution in [0.3, 0.4) is 0 Å². The molecule has 2 atom stereocenters. The van der Waals surface area contributed by atoms with E-state index in [1.807, 2.05) is 11.8 Å². The summed E-state index contributed by atoms with van der Waals surface area (Å²) in [6.45, 7) is 2.81. The molecule has 0 bridgehead atoms. The Morgan fingerprint density at radius 2 is 2.08 bits per heavy atom. The monoisotopic (exact) mass is 346 g/mol. The summed E-state index contributed by atoms with van der Waals surface area (Å²) in [5.74, 6) is 0.935. The second-order valence-corrected chi connectivity index (χ2v) is 6.43. The van der Waals surface area contributed by atoms with Crippen molar-refractivity contribution in [3.63, 3.8) is 0 Å². The van der Waals surface area contributed by atoms with E-state index in [-0.39, 0.29) is 30.4 Å². The normalized spacial score (nSPS) is 18.8. The van der Waals surface area contributed by atoms with Gasteiger partial charge in [0.25, 0.3) is 5.91 Å². The number of furan rings is 1. The Kier molecular flexibility index (Phi) is 5.38. The largest absolute Gasteiger partial charge is 0.486 e. The summed E-state index contributed by atoms with van der Waals surface area (Å²) in [6, 6.07) is 9.12. The highest BCUT2D eigenvalue weighted by molar-refractivity contribution is 5.91. The van der Waals surface area contributed by atoms with Gasteiger partial charge in [0.15, 0.2) is 5.76 Å². The van der Waals surface area contributed by atoms with Crippen molar-refractivity contribution in [3.05, 3.63) is 53.7 Å². The first kappa shape index (κ1) is 17.5. The number of piperidine rings is 1. The van der Waals surface area contributed by atoms with Crippen molar-refractivity contribution in [1.82, 2.24) is 4.90 Å². The quantitative estimate of drug-likeness (QED) is 0.901. The molecule has 0 spiro atoms. The molecule has 3 rings (SSSR count). The van der Waals surface area contributed by atoms with Crippen molar-refractivity contribution < 1.29 is 18.3 Å². The van der Waals surface area contributed by atoms with Crippen LogP contribution < -0.4 is 10.5 Å². The molecule has 2 heterocycles. The molecule has 6 heteroatoms. The Bertz CT molecular complexity index is 712. The molecule has 1 amide bonds. The van der Waals surface area contributed by atoms with Crippen LogP contribution in [0, 0.1) is 5.82 Å². The Morgan fingerprint density at radius 1 is 1.32 bits per heavy atom. The van der Waals surface area contributed by atoms with Crippen LogP contribution in [-0.4, -0.2) is 29.4 Å². The van der Waals surface area contributed by atoms with Gasteiger partial charge in [-0.15, -0.1) is 0 Å². The van der Waals surface area contributed by atoms with Gasteiger partial charge in [0.2, 0.25) is 0 Å². The number of carbonyl (C=O) groups is 1. The predicted octanol–water partition coefficient (Wildman–Crippen LogP) is 3.34. The zero-order chi connectivity index (χ0) is 17.8. The second kappa shape index (κ2) is 7.70. The lowest BCUT2D eigenvalue weighted by Crippen LogP contribution is -2.51. The average Bonchev–Trinajstić information content (AvgIpc) is 3.09. The van der Waals surface area contributed by atoms with Gasteiger partial charge in [-0.25, -0.2) is 4.39 Å². The minimum atomic E-state index is -0.316. The van der Waals surface area contributed by atoms with E-state index in [0.29, 0.717) is 23.8 Å². The Morgan fingerprint density at radius 3 is 2.80 bits per heavy atom. The van der Waals surface area contributed by atoms with Gasteiger partial charge < -0.3 is 19.8 Å². The maximum Gasteiger partial charge on any atom is 0.289 e. The molecule has 1 aromatic heterocycles. The fourth-order valence-electron chi connectivity index (χ4n) is 3.15. The summed E-state index contributed by atoms with van der Waals surface area (Å²) < 4.78 is 24.1. The Balaban J connectivity index is 1.63. The molecular weight excluding hydrogens is 323 g/mol. The van der Waals surface area contributed by atoms with Crippen molar-refractivity contribution in [2.24, 2.45) is 5.73 Å². The summed E-state index contributed by atoms with van der Waals surface area (Å²) in [5.41, 5.74) is 6.03. The maximum absolute atomic E-state index is 12.9. The van der Waals surface area contributed by atoms with Crippen molar-refractivity contribution in [2.75, 3.05) is 6.54 Å². The molecule has 1 fully saturated rings. The molecule has 5 nitrogen and oxygen atoms in total. The highest BCUT2D eigenvalue weighted by Gasteiger charge is 2.31. The van der Waals surface area contributed by atoms with E-state index < -0.39 is 0 Å². The zero-order valence-electron chi connectivity index (χ0n) is 14.3. The number of halogens is 1. The van der Waals surface area contributed by atoms with Crippen LogP contribution in [-0.2, 0) is 6.61 Å². The van der Waals surface area contributed by atoms with E-state index in [0.717, 1.165) is 19.3 Å². The number of ether oxygens (including phenoxy) is 1. The van der Waals surface area contributed by atoms with Crippen LogP contribution in [0.2, 0.25) is 0 Å². The molecule has 2 aromatic rings. The van der Waals surface area contributed by atoms with Crippen molar-refractivity contribution >= 4 is 5.91 Å². The van der Waals surface area contributed by atoms with Gasteiger partial charge in [-0.1, -0.05) is 0 Å². The van der Waals surface area contributed by atoms with Gasteiger partial charge in [0, 0.05) is 18.6 Å². The Hall–Kier alpha value is -2.34. The lowest BCUT2D eigenvalue weighted by molar-refractivity contribution is 0.0548. The number of carbonyl (C=O) groups excluding carboxylic acids is 1. The van der Waals surface area contributed by atoms with Crippen LogP contribution >= 0.6 is 0 Å². The van der Waals surface area contributed by atoms with Gasteiger partial charge in [-0.2, -0.15) is 0 Å². The fourth-order valence-corrected chi connectivity index (χ4v) is 3.15. The molecule has 0 aliphatic carbocycles. The lowest BCUT2D eigenvalue weighted by atomic mass is 9.96. The number of hydrogen-bond acceptors (Lipinski definition) is 4.